The van der Waals surface area contributed by atoms with E-state index in [2.05, 4.69) is 5.32 Å². The van der Waals surface area contributed by atoms with Crippen LogP contribution in [0.1, 0.15) is 16.8 Å². The number of rotatable bonds is 1. The van der Waals surface area contributed by atoms with Crippen molar-refractivity contribution in [3.8, 4) is 11.5 Å². The van der Waals surface area contributed by atoms with E-state index in [-0.39, 0.29) is 17.4 Å². The van der Waals surface area contributed by atoms with Crippen molar-refractivity contribution in [3.63, 3.8) is 0 Å². The molecule has 2 fully saturated rings. The average molecular weight is 248 g/mol. The minimum atomic E-state index is -0.252. The summed E-state index contributed by atoms with van der Waals surface area (Å²) in [5.74, 6) is 0.0195. The lowest BCUT2D eigenvalue weighted by Gasteiger charge is -2.17. The molecule has 2 saturated heterocycles. The van der Waals surface area contributed by atoms with E-state index in [4.69, 9.17) is 0 Å². The third kappa shape index (κ3) is 1.80. The number of carbonyl (C=O) groups excluding carboxylic acids is 1. The number of carbonyl (C=O) groups is 1. The van der Waals surface area contributed by atoms with Crippen LogP contribution in [0.25, 0.3) is 0 Å². The van der Waals surface area contributed by atoms with Crippen LogP contribution < -0.4 is 5.32 Å². The number of hydrogen-bond donors (Lipinski definition) is 3. The maximum absolute atomic E-state index is 12.2. The van der Waals surface area contributed by atoms with Crippen molar-refractivity contribution in [2.45, 2.75) is 12.5 Å². The third-order valence-corrected chi connectivity index (χ3v) is 3.87. The number of aromatic hydroxyl groups is 2. The number of phenolic OH excluding ortho intramolecular Hbond substituents is 2. The molecule has 3 rings (SSSR count). The minimum absolute atomic E-state index is 0.0819. The summed E-state index contributed by atoms with van der Waals surface area (Å²) < 4.78 is 0. The quantitative estimate of drug-likeness (QED) is 0.634. The number of phenols is 2. The maximum Gasteiger partial charge on any atom is 0.254 e. The molecule has 0 aromatic heterocycles. The fourth-order valence-corrected chi connectivity index (χ4v) is 2.85. The SMILES string of the molecule is O=C(c1ccc(O)c(O)c1)N1C[C@@H]2CCN[C@@H]2C1. The fourth-order valence-electron chi connectivity index (χ4n) is 2.85. The van der Waals surface area contributed by atoms with Gasteiger partial charge in [0.2, 0.25) is 0 Å². The molecule has 2 atom stereocenters. The maximum atomic E-state index is 12.2. The number of likely N-dealkylation sites (tertiary alicyclic amines) is 1. The molecule has 1 aromatic carbocycles. The Morgan fingerprint density at radius 3 is 2.83 bits per heavy atom. The number of nitrogens with zero attached hydrogens (tertiary/aromatic N) is 1. The zero-order valence-corrected chi connectivity index (χ0v) is 9.97. The Hall–Kier alpha value is -1.75. The molecule has 0 unspecified atom stereocenters. The topological polar surface area (TPSA) is 72.8 Å². The predicted molar refractivity (Wildman–Crippen MR) is 65.6 cm³/mol. The molecule has 1 amide bonds. The molecule has 2 aliphatic heterocycles. The number of hydrogen-bond acceptors (Lipinski definition) is 4. The van der Waals surface area contributed by atoms with E-state index in [9.17, 15) is 15.0 Å². The van der Waals surface area contributed by atoms with Gasteiger partial charge in [0.25, 0.3) is 5.91 Å². The molecule has 0 spiro atoms. The first-order valence-corrected chi connectivity index (χ1v) is 6.20. The van der Waals surface area contributed by atoms with Gasteiger partial charge in [0, 0.05) is 24.7 Å². The van der Waals surface area contributed by atoms with Gasteiger partial charge in [-0.1, -0.05) is 0 Å². The van der Waals surface area contributed by atoms with Crippen molar-refractivity contribution < 1.29 is 15.0 Å². The van der Waals surface area contributed by atoms with Gasteiger partial charge in [-0.05, 0) is 37.1 Å². The van der Waals surface area contributed by atoms with Crippen LogP contribution >= 0.6 is 0 Å². The summed E-state index contributed by atoms with van der Waals surface area (Å²) in [7, 11) is 0. The van der Waals surface area contributed by atoms with Gasteiger partial charge in [-0.2, -0.15) is 0 Å². The van der Waals surface area contributed by atoms with E-state index in [0.29, 0.717) is 17.5 Å². The Bertz CT molecular complexity index is 477. The molecule has 5 nitrogen and oxygen atoms in total. The van der Waals surface area contributed by atoms with Crippen LogP contribution in [0.4, 0.5) is 0 Å². The Balaban J connectivity index is 1.77. The van der Waals surface area contributed by atoms with E-state index >= 15 is 0 Å². The summed E-state index contributed by atoms with van der Waals surface area (Å²) in [6.45, 7) is 2.54. The van der Waals surface area contributed by atoms with Gasteiger partial charge >= 0.3 is 0 Å². The Kier molecular flexibility index (Phi) is 2.63. The number of amides is 1. The molecule has 96 valence electrons. The molecule has 1 aromatic rings. The lowest BCUT2D eigenvalue weighted by molar-refractivity contribution is 0.0782. The zero-order chi connectivity index (χ0) is 12.7. The summed E-state index contributed by atoms with van der Waals surface area (Å²) in [5, 5.41) is 22.0. The van der Waals surface area contributed by atoms with Crippen molar-refractivity contribution in [1.29, 1.82) is 0 Å². The van der Waals surface area contributed by atoms with Crippen LogP contribution in [0.3, 0.4) is 0 Å². The van der Waals surface area contributed by atoms with Gasteiger partial charge in [0.15, 0.2) is 11.5 Å². The van der Waals surface area contributed by atoms with Crippen LogP contribution in [-0.4, -0.2) is 46.7 Å². The lowest BCUT2D eigenvalue weighted by Crippen LogP contribution is -2.33. The van der Waals surface area contributed by atoms with Crippen molar-refractivity contribution in [1.82, 2.24) is 10.2 Å². The van der Waals surface area contributed by atoms with Crippen LogP contribution in [0.5, 0.6) is 11.5 Å². The van der Waals surface area contributed by atoms with E-state index in [1.807, 2.05) is 4.90 Å². The summed E-state index contributed by atoms with van der Waals surface area (Å²) in [5.41, 5.74) is 0.422. The highest BCUT2D eigenvalue weighted by atomic mass is 16.3. The highest BCUT2D eigenvalue weighted by Gasteiger charge is 2.38. The number of benzene rings is 1. The van der Waals surface area contributed by atoms with E-state index in [1.165, 1.54) is 12.1 Å². The first kappa shape index (κ1) is 11.3. The predicted octanol–water partition coefficient (Wildman–Crippen LogP) is 0.532. The van der Waals surface area contributed by atoms with Crippen molar-refractivity contribution in [2.24, 2.45) is 5.92 Å². The molecule has 5 heteroatoms. The standard InChI is InChI=1S/C13H16N2O3/c16-11-2-1-8(5-12(11)17)13(18)15-6-9-3-4-14-10(9)7-15/h1-2,5,9-10,14,16-17H,3-4,6-7H2/t9-,10+/m0/s1. The molecule has 18 heavy (non-hydrogen) atoms. The largest absolute Gasteiger partial charge is 0.504 e. The zero-order valence-electron chi connectivity index (χ0n) is 9.97. The van der Waals surface area contributed by atoms with Crippen LogP contribution in [-0.2, 0) is 0 Å². The summed E-state index contributed by atoms with van der Waals surface area (Å²) in [6, 6.07) is 4.62. The molecule has 0 saturated carbocycles. The van der Waals surface area contributed by atoms with E-state index < -0.39 is 0 Å². The van der Waals surface area contributed by atoms with Crippen LogP contribution in [0.2, 0.25) is 0 Å². The molecular weight excluding hydrogens is 232 g/mol. The summed E-state index contributed by atoms with van der Waals surface area (Å²) in [4.78, 5) is 14.1. The normalized spacial score (nSPS) is 26.3. The number of fused-ring (bicyclic) bond motifs is 1. The smallest absolute Gasteiger partial charge is 0.254 e. The molecular formula is C13H16N2O3. The number of nitrogens with one attached hydrogen (secondary N) is 1. The fraction of sp³-hybridized carbons (Fsp3) is 0.462. The monoisotopic (exact) mass is 248 g/mol. The highest BCUT2D eigenvalue weighted by Crippen LogP contribution is 2.28. The molecule has 0 radical (unpaired) electrons. The third-order valence-electron chi connectivity index (χ3n) is 3.87. The van der Waals surface area contributed by atoms with Crippen molar-refractivity contribution in [3.05, 3.63) is 23.8 Å². The second-order valence-corrected chi connectivity index (χ2v) is 5.02. The molecule has 2 aliphatic rings. The van der Waals surface area contributed by atoms with Crippen molar-refractivity contribution in [2.75, 3.05) is 19.6 Å². The van der Waals surface area contributed by atoms with Gasteiger partial charge < -0.3 is 20.4 Å². The second kappa shape index (κ2) is 4.17. The average Bonchev–Trinajstić information content (AvgIpc) is 2.92. The Labute approximate surface area is 105 Å². The molecule has 3 N–H and O–H groups in total. The summed E-state index contributed by atoms with van der Waals surface area (Å²) in [6.07, 6.45) is 1.12. The van der Waals surface area contributed by atoms with Gasteiger partial charge in [-0.3, -0.25) is 4.79 Å². The van der Waals surface area contributed by atoms with E-state index in [0.717, 1.165) is 26.1 Å². The van der Waals surface area contributed by atoms with Gasteiger partial charge in [-0.15, -0.1) is 0 Å². The molecule has 2 heterocycles. The van der Waals surface area contributed by atoms with Crippen LogP contribution in [0, 0.1) is 5.92 Å². The highest BCUT2D eigenvalue weighted by molar-refractivity contribution is 5.95. The van der Waals surface area contributed by atoms with Gasteiger partial charge in [0.05, 0.1) is 0 Å². The first-order valence-electron chi connectivity index (χ1n) is 6.20. The molecule has 0 aliphatic carbocycles. The second-order valence-electron chi connectivity index (χ2n) is 5.02. The van der Waals surface area contributed by atoms with Gasteiger partial charge in [0.1, 0.15) is 0 Å². The lowest BCUT2D eigenvalue weighted by atomic mass is 10.1. The minimum Gasteiger partial charge on any atom is -0.504 e. The first-order chi connectivity index (χ1) is 8.65. The summed E-state index contributed by atoms with van der Waals surface area (Å²) >= 11 is 0. The Morgan fingerprint density at radius 2 is 2.11 bits per heavy atom. The Morgan fingerprint density at radius 1 is 1.28 bits per heavy atom. The van der Waals surface area contributed by atoms with Crippen LogP contribution in [0.15, 0.2) is 18.2 Å². The van der Waals surface area contributed by atoms with E-state index in [1.54, 1.807) is 6.07 Å². The van der Waals surface area contributed by atoms with Gasteiger partial charge in [-0.25, -0.2) is 0 Å². The molecule has 0 bridgehead atoms. The van der Waals surface area contributed by atoms with Crippen molar-refractivity contribution >= 4 is 5.91 Å².